The molecule has 0 aliphatic heterocycles. The first-order chi connectivity index (χ1) is 6.56. The van der Waals surface area contributed by atoms with Gasteiger partial charge < -0.3 is 4.74 Å². The van der Waals surface area contributed by atoms with Gasteiger partial charge in [0.2, 0.25) is 0 Å². The molecule has 0 spiro atoms. The van der Waals surface area contributed by atoms with Gasteiger partial charge in [0.1, 0.15) is 16.4 Å². The number of hydrogen-bond donors (Lipinski definition) is 0. The van der Waals surface area contributed by atoms with E-state index in [2.05, 4.69) is 38.5 Å². The van der Waals surface area contributed by atoms with Crippen LogP contribution in [-0.2, 0) is 4.79 Å². The van der Waals surface area contributed by atoms with E-state index < -0.39 is 0 Å². The summed E-state index contributed by atoms with van der Waals surface area (Å²) in [5.74, 6) is 0.818. The lowest BCUT2D eigenvalue weighted by Crippen LogP contribution is -2.03. The Balaban J connectivity index is 3.13. The molecule has 0 aliphatic rings. The monoisotopic (exact) mass is 368 g/mol. The Bertz CT molecular complexity index is 352. The summed E-state index contributed by atoms with van der Waals surface area (Å²) in [5, 5.41) is 0. The highest BCUT2D eigenvalue weighted by Gasteiger charge is 2.17. The summed E-state index contributed by atoms with van der Waals surface area (Å²) in [5.41, 5.74) is 0.875. The van der Waals surface area contributed by atoms with Gasteiger partial charge in [0.05, 0.1) is 7.11 Å². The van der Waals surface area contributed by atoms with Gasteiger partial charge in [0, 0.05) is 9.13 Å². The second kappa shape index (κ2) is 5.11. The Morgan fingerprint density at radius 3 is 2.71 bits per heavy atom. The van der Waals surface area contributed by atoms with Crippen molar-refractivity contribution in [3.05, 3.63) is 27.3 Å². The number of ether oxygens (including phenoxy) is 1. The fraction of sp³-hybridized carbons (Fsp3) is 0.300. The molecule has 0 aliphatic carbocycles. The van der Waals surface area contributed by atoms with Crippen LogP contribution in [0.15, 0.2) is 18.2 Å². The fourth-order valence-corrected chi connectivity index (χ4v) is 1.95. The Morgan fingerprint density at radius 1 is 1.57 bits per heavy atom. The lowest BCUT2D eigenvalue weighted by Gasteiger charge is -2.11. The van der Waals surface area contributed by atoms with Gasteiger partial charge >= 0.3 is 0 Å². The molecule has 0 N–H and O–H groups in total. The number of rotatable bonds is 3. The van der Waals surface area contributed by atoms with Crippen LogP contribution in [0.4, 0.5) is 0 Å². The van der Waals surface area contributed by atoms with E-state index in [9.17, 15) is 4.79 Å². The molecule has 0 amide bonds. The molecule has 0 fully saturated rings. The standard InChI is InChI=1S/C10H10BrIO2/c1-6(13)10(11)8-4-3-7(12)5-9(8)14-2/h3-5,10H,1-2H3. The number of carbonyl (C=O) groups is 1. The maximum Gasteiger partial charge on any atom is 0.147 e. The molecule has 0 saturated carbocycles. The van der Waals surface area contributed by atoms with Gasteiger partial charge in [-0.3, -0.25) is 4.79 Å². The van der Waals surface area contributed by atoms with Crippen molar-refractivity contribution in [2.24, 2.45) is 0 Å². The molecule has 1 aromatic rings. The summed E-state index contributed by atoms with van der Waals surface area (Å²) < 4.78 is 6.30. The summed E-state index contributed by atoms with van der Waals surface area (Å²) >= 11 is 5.54. The van der Waals surface area contributed by atoms with Crippen molar-refractivity contribution >= 4 is 44.3 Å². The normalized spacial score (nSPS) is 12.3. The van der Waals surface area contributed by atoms with Gasteiger partial charge in [-0.25, -0.2) is 0 Å². The number of Topliss-reactive ketones (excluding diaryl/α,β-unsaturated/α-hetero) is 1. The van der Waals surface area contributed by atoms with Crippen molar-refractivity contribution in [3.63, 3.8) is 0 Å². The summed E-state index contributed by atoms with van der Waals surface area (Å²) in [7, 11) is 1.61. The average molecular weight is 369 g/mol. The van der Waals surface area contributed by atoms with Crippen LogP contribution in [0.5, 0.6) is 5.75 Å². The van der Waals surface area contributed by atoms with Crippen LogP contribution in [-0.4, -0.2) is 12.9 Å². The largest absolute Gasteiger partial charge is 0.496 e. The minimum absolute atomic E-state index is 0.0736. The maximum absolute atomic E-state index is 11.2. The highest BCUT2D eigenvalue weighted by Crippen LogP contribution is 2.32. The zero-order valence-corrected chi connectivity index (χ0v) is 11.6. The van der Waals surface area contributed by atoms with Crippen molar-refractivity contribution in [1.82, 2.24) is 0 Å². The summed E-state index contributed by atoms with van der Waals surface area (Å²) in [6, 6.07) is 5.77. The minimum atomic E-state index is -0.283. The molecule has 4 heteroatoms. The molecule has 0 radical (unpaired) electrons. The number of halogens is 2. The lowest BCUT2D eigenvalue weighted by atomic mass is 10.1. The molecule has 1 atom stereocenters. The van der Waals surface area contributed by atoms with Crippen LogP contribution in [0.25, 0.3) is 0 Å². The first-order valence-corrected chi connectivity index (χ1v) is 6.03. The van der Waals surface area contributed by atoms with Crippen molar-refractivity contribution in [3.8, 4) is 5.75 Å². The van der Waals surface area contributed by atoms with Crippen LogP contribution in [0.1, 0.15) is 17.3 Å². The van der Waals surface area contributed by atoms with Gasteiger partial charge in [-0.2, -0.15) is 0 Å². The molecule has 1 unspecified atom stereocenters. The van der Waals surface area contributed by atoms with E-state index in [-0.39, 0.29) is 10.6 Å². The fourth-order valence-electron chi connectivity index (χ4n) is 1.11. The third kappa shape index (κ3) is 2.70. The average Bonchev–Trinajstić information content (AvgIpc) is 2.16. The lowest BCUT2D eigenvalue weighted by molar-refractivity contribution is -0.116. The van der Waals surface area contributed by atoms with E-state index in [4.69, 9.17) is 4.74 Å². The van der Waals surface area contributed by atoms with Gasteiger partial charge in [-0.05, 0) is 41.6 Å². The molecule has 14 heavy (non-hydrogen) atoms. The predicted octanol–water partition coefficient (Wildman–Crippen LogP) is 3.32. The van der Waals surface area contributed by atoms with E-state index in [0.29, 0.717) is 0 Å². The van der Waals surface area contributed by atoms with E-state index >= 15 is 0 Å². The molecule has 0 heterocycles. The quantitative estimate of drug-likeness (QED) is 0.604. The Labute approximate surface area is 105 Å². The molecule has 0 bridgehead atoms. The van der Waals surface area contributed by atoms with Gasteiger partial charge in [0.15, 0.2) is 0 Å². The van der Waals surface area contributed by atoms with E-state index in [1.807, 2.05) is 18.2 Å². The molecule has 1 aromatic carbocycles. The predicted molar refractivity (Wildman–Crippen MR) is 68.1 cm³/mol. The number of methoxy groups -OCH3 is 1. The minimum Gasteiger partial charge on any atom is -0.496 e. The molecule has 1 rings (SSSR count). The molecular formula is C10H10BrIO2. The summed E-state index contributed by atoms with van der Waals surface area (Å²) in [6.45, 7) is 1.55. The second-order valence-electron chi connectivity index (χ2n) is 2.86. The van der Waals surface area contributed by atoms with Crippen molar-refractivity contribution in [1.29, 1.82) is 0 Å². The van der Waals surface area contributed by atoms with Crippen LogP contribution < -0.4 is 4.74 Å². The van der Waals surface area contributed by atoms with E-state index in [1.54, 1.807) is 14.0 Å². The highest BCUT2D eigenvalue weighted by molar-refractivity contribution is 14.1. The van der Waals surface area contributed by atoms with E-state index in [1.165, 1.54) is 0 Å². The molecular weight excluding hydrogens is 359 g/mol. The first kappa shape index (κ1) is 12.0. The SMILES string of the molecule is COc1cc(I)ccc1C(Br)C(C)=O. The Morgan fingerprint density at radius 2 is 2.21 bits per heavy atom. The number of ketones is 1. The summed E-state index contributed by atoms with van der Waals surface area (Å²) in [6.07, 6.45) is 0. The van der Waals surface area contributed by atoms with Crippen LogP contribution in [0, 0.1) is 3.57 Å². The highest BCUT2D eigenvalue weighted by atomic mass is 127. The van der Waals surface area contributed by atoms with Crippen molar-refractivity contribution in [2.45, 2.75) is 11.8 Å². The first-order valence-electron chi connectivity index (χ1n) is 4.04. The number of alkyl halides is 1. The summed E-state index contributed by atoms with van der Waals surface area (Å²) in [4.78, 5) is 10.9. The second-order valence-corrected chi connectivity index (χ2v) is 5.02. The van der Waals surface area contributed by atoms with Crippen LogP contribution >= 0.6 is 38.5 Å². The smallest absolute Gasteiger partial charge is 0.147 e. The number of benzene rings is 1. The number of hydrogen-bond acceptors (Lipinski definition) is 2. The van der Waals surface area contributed by atoms with Crippen molar-refractivity contribution < 1.29 is 9.53 Å². The van der Waals surface area contributed by atoms with Gasteiger partial charge in [-0.1, -0.05) is 22.0 Å². The molecule has 0 saturated heterocycles. The Kier molecular flexibility index (Phi) is 4.37. The molecule has 76 valence electrons. The van der Waals surface area contributed by atoms with Gasteiger partial charge in [-0.15, -0.1) is 0 Å². The number of carbonyl (C=O) groups excluding carboxylic acids is 1. The zero-order chi connectivity index (χ0) is 10.7. The third-order valence-electron chi connectivity index (χ3n) is 1.83. The molecule has 2 nitrogen and oxygen atoms in total. The van der Waals surface area contributed by atoms with Gasteiger partial charge in [0.25, 0.3) is 0 Å². The third-order valence-corrected chi connectivity index (χ3v) is 3.63. The van der Waals surface area contributed by atoms with E-state index in [0.717, 1.165) is 14.9 Å². The zero-order valence-electron chi connectivity index (χ0n) is 7.88. The topological polar surface area (TPSA) is 26.3 Å². The van der Waals surface area contributed by atoms with Crippen LogP contribution in [0.3, 0.4) is 0 Å². The molecule has 0 aromatic heterocycles. The van der Waals surface area contributed by atoms with Crippen molar-refractivity contribution in [2.75, 3.05) is 7.11 Å². The Hall–Kier alpha value is -0.100. The van der Waals surface area contributed by atoms with Crippen LogP contribution in [0.2, 0.25) is 0 Å². The maximum atomic E-state index is 11.2.